The van der Waals surface area contributed by atoms with Crippen molar-refractivity contribution in [3.8, 4) is 0 Å². The topological polar surface area (TPSA) is 52.5 Å². The van der Waals surface area contributed by atoms with E-state index in [1.807, 2.05) is 6.92 Å². The maximum Gasteiger partial charge on any atom is 0.129 e. The van der Waals surface area contributed by atoms with Crippen LogP contribution < -0.4 is 5.32 Å². The molecule has 1 aromatic carbocycles. The molecule has 0 aliphatic heterocycles. The maximum atomic E-state index is 13.4. The van der Waals surface area contributed by atoms with Gasteiger partial charge in [0.25, 0.3) is 0 Å². The number of hydrogen-bond donors (Lipinski definition) is 3. The summed E-state index contributed by atoms with van der Waals surface area (Å²) in [4.78, 5) is 0. The van der Waals surface area contributed by atoms with Crippen LogP contribution in [-0.2, 0) is 0 Å². The molecule has 0 heterocycles. The Kier molecular flexibility index (Phi) is 6.91. The molecule has 0 saturated heterocycles. The Balaban J connectivity index is 2.46. The second-order valence-electron chi connectivity index (χ2n) is 4.63. The van der Waals surface area contributed by atoms with Crippen molar-refractivity contribution in [2.24, 2.45) is 5.92 Å². The maximum absolute atomic E-state index is 13.4. The van der Waals surface area contributed by atoms with E-state index in [-0.39, 0.29) is 18.7 Å². The molecule has 3 N–H and O–H groups in total. The largest absolute Gasteiger partial charge is 0.396 e. The molecule has 0 amide bonds. The quantitative estimate of drug-likeness (QED) is 0.679. The first-order chi connectivity index (χ1) is 9.08. The Hall–Kier alpha value is -1.04. The van der Waals surface area contributed by atoms with Crippen LogP contribution in [0.4, 0.5) is 8.78 Å². The Morgan fingerprint density at radius 2 is 2.00 bits per heavy atom. The summed E-state index contributed by atoms with van der Waals surface area (Å²) in [7, 11) is 0. The molecule has 0 saturated carbocycles. The zero-order valence-corrected chi connectivity index (χ0v) is 11.1. The average Bonchev–Trinajstić information content (AvgIpc) is 2.40. The zero-order valence-electron chi connectivity index (χ0n) is 11.1. The standard InChI is InChI=1S/C14H21F2NO2/c1-2-10(5-6-18)8-17-9-14(19)12-7-11(15)3-4-13(12)16/h3-4,7,10,14,17-19H,2,5-6,8-9H2,1H3. The number of benzene rings is 1. The number of rotatable bonds is 8. The van der Waals surface area contributed by atoms with Crippen LogP contribution in [0, 0.1) is 17.6 Å². The van der Waals surface area contributed by atoms with Gasteiger partial charge in [0.15, 0.2) is 0 Å². The molecule has 0 aliphatic rings. The Labute approximate surface area is 112 Å². The minimum Gasteiger partial charge on any atom is -0.396 e. The highest BCUT2D eigenvalue weighted by molar-refractivity contribution is 5.21. The summed E-state index contributed by atoms with van der Waals surface area (Å²) in [5, 5.41) is 21.7. The van der Waals surface area contributed by atoms with Crippen LogP contribution in [0.1, 0.15) is 31.4 Å². The summed E-state index contributed by atoms with van der Waals surface area (Å²) in [6, 6.07) is 3.04. The van der Waals surface area contributed by atoms with E-state index in [1.165, 1.54) is 0 Å². The highest BCUT2D eigenvalue weighted by Gasteiger charge is 2.14. The van der Waals surface area contributed by atoms with Crippen molar-refractivity contribution >= 4 is 0 Å². The minimum absolute atomic E-state index is 0.0392. The average molecular weight is 273 g/mol. The lowest BCUT2D eigenvalue weighted by molar-refractivity contribution is 0.165. The van der Waals surface area contributed by atoms with E-state index in [0.29, 0.717) is 18.9 Å². The van der Waals surface area contributed by atoms with Gasteiger partial charge >= 0.3 is 0 Å². The fourth-order valence-electron chi connectivity index (χ4n) is 1.94. The fourth-order valence-corrected chi connectivity index (χ4v) is 1.94. The number of nitrogens with one attached hydrogen (secondary N) is 1. The first-order valence-electron chi connectivity index (χ1n) is 6.53. The molecular weight excluding hydrogens is 252 g/mol. The van der Waals surface area contributed by atoms with E-state index in [4.69, 9.17) is 5.11 Å². The molecule has 1 aromatic rings. The van der Waals surface area contributed by atoms with Crippen LogP contribution in [0.2, 0.25) is 0 Å². The molecule has 0 radical (unpaired) electrons. The third kappa shape index (κ3) is 5.22. The van der Waals surface area contributed by atoms with Gasteiger partial charge in [-0.25, -0.2) is 8.78 Å². The van der Waals surface area contributed by atoms with Crippen molar-refractivity contribution in [2.75, 3.05) is 19.7 Å². The van der Waals surface area contributed by atoms with Crippen molar-refractivity contribution in [3.05, 3.63) is 35.4 Å². The smallest absolute Gasteiger partial charge is 0.129 e. The van der Waals surface area contributed by atoms with Crippen LogP contribution in [0.15, 0.2) is 18.2 Å². The summed E-state index contributed by atoms with van der Waals surface area (Å²) < 4.78 is 26.4. The molecule has 2 atom stereocenters. The van der Waals surface area contributed by atoms with Gasteiger partial charge in [-0.3, -0.25) is 0 Å². The van der Waals surface area contributed by atoms with Gasteiger partial charge in [0, 0.05) is 18.7 Å². The summed E-state index contributed by atoms with van der Waals surface area (Å²) in [5.74, 6) is -0.866. The number of halogens is 2. The molecule has 2 unspecified atom stereocenters. The molecular formula is C14H21F2NO2. The first-order valence-corrected chi connectivity index (χ1v) is 6.53. The molecule has 19 heavy (non-hydrogen) atoms. The van der Waals surface area contributed by atoms with Crippen LogP contribution in [-0.4, -0.2) is 29.9 Å². The van der Waals surface area contributed by atoms with Crippen molar-refractivity contribution in [1.29, 1.82) is 0 Å². The summed E-state index contributed by atoms with van der Waals surface area (Å²) in [5.41, 5.74) is -0.0392. The van der Waals surface area contributed by atoms with Gasteiger partial charge in [0.1, 0.15) is 11.6 Å². The molecule has 0 fully saturated rings. The third-order valence-electron chi connectivity index (χ3n) is 3.20. The molecule has 0 bridgehead atoms. The number of hydrogen-bond acceptors (Lipinski definition) is 3. The zero-order chi connectivity index (χ0) is 14.3. The summed E-state index contributed by atoms with van der Waals surface area (Å²) in [6.45, 7) is 2.93. The van der Waals surface area contributed by atoms with E-state index < -0.39 is 17.7 Å². The molecule has 108 valence electrons. The minimum atomic E-state index is -1.08. The second-order valence-corrected chi connectivity index (χ2v) is 4.63. The summed E-state index contributed by atoms with van der Waals surface area (Å²) >= 11 is 0. The normalized spacial score (nSPS) is 14.4. The highest BCUT2D eigenvalue weighted by atomic mass is 19.1. The van der Waals surface area contributed by atoms with Crippen molar-refractivity contribution in [3.63, 3.8) is 0 Å². The highest BCUT2D eigenvalue weighted by Crippen LogP contribution is 2.17. The van der Waals surface area contributed by atoms with E-state index in [0.717, 1.165) is 24.6 Å². The molecule has 0 aliphatic carbocycles. The SMILES string of the molecule is CCC(CCO)CNCC(O)c1cc(F)ccc1F. The van der Waals surface area contributed by atoms with Gasteiger partial charge in [-0.15, -0.1) is 0 Å². The van der Waals surface area contributed by atoms with Gasteiger partial charge in [-0.05, 0) is 37.1 Å². The predicted molar refractivity (Wildman–Crippen MR) is 69.7 cm³/mol. The van der Waals surface area contributed by atoms with Crippen LogP contribution in [0.25, 0.3) is 0 Å². The van der Waals surface area contributed by atoms with E-state index in [2.05, 4.69) is 5.32 Å². The van der Waals surface area contributed by atoms with Gasteiger partial charge < -0.3 is 15.5 Å². The number of aliphatic hydroxyl groups is 2. The number of aliphatic hydroxyl groups excluding tert-OH is 2. The van der Waals surface area contributed by atoms with Crippen molar-refractivity contribution in [1.82, 2.24) is 5.32 Å². The van der Waals surface area contributed by atoms with Crippen LogP contribution in [0.3, 0.4) is 0 Å². The second kappa shape index (κ2) is 8.19. The van der Waals surface area contributed by atoms with Crippen LogP contribution in [0.5, 0.6) is 0 Å². The lowest BCUT2D eigenvalue weighted by atomic mass is 10.0. The van der Waals surface area contributed by atoms with Gasteiger partial charge in [0.2, 0.25) is 0 Å². The lowest BCUT2D eigenvalue weighted by Crippen LogP contribution is -2.28. The van der Waals surface area contributed by atoms with E-state index in [1.54, 1.807) is 0 Å². The lowest BCUT2D eigenvalue weighted by Gasteiger charge is -2.17. The van der Waals surface area contributed by atoms with Gasteiger partial charge in [-0.2, -0.15) is 0 Å². The fraction of sp³-hybridized carbons (Fsp3) is 0.571. The van der Waals surface area contributed by atoms with E-state index in [9.17, 15) is 13.9 Å². The third-order valence-corrected chi connectivity index (χ3v) is 3.20. The van der Waals surface area contributed by atoms with Crippen molar-refractivity contribution < 1.29 is 19.0 Å². The Morgan fingerprint density at radius 1 is 1.26 bits per heavy atom. The Morgan fingerprint density at radius 3 is 2.63 bits per heavy atom. The molecule has 3 nitrogen and oxygen atoms in total. The van der Waals surface area contributed by atoms with Gasteiger partial charge in [0.05, 0.1) is 6.10 Å². The summed E-state index contributed by atoms with van der Waals surface area (Å²) in [6.07, 6.45) is 0.522. The molecule has 0 aromatic heterocycles. The van der Waals surface area contributed by atoms with Crippen molar-refractivity contribution in [2.45, 2.75) is 25.9 Å². The Bertz CT molecular complexity index is 388. The first kappa shape index (κ1) is 16.0. The molecule has 5 heteroatoms. The predicted octanol–water partition coefficient (Wildman–Crippen LogP) is 2.00. The van der Waals surface area contributed by atoms with Gasteiger partial charge in [-0.1, -0.05) is 13.3 Å². The van der Waals surface area contributed by atoms with E-state index >= 15 is 0 Å². The monoisotopic (exact) mass is 273 g/mol. The molecule has 0 spiro atoms. The molecule has 1 rings (SSSR count). The van der Waals surface area contributed by atoms with Crippen LogP contribution >= 0.6 is 0 Å².